The topological polar surface area (TPSA) is 94.6 Å². The summed E-state index contributed by atoms with van der Waals surface area (Å²) in [6, 6.07) is 3.33. The number of likely N-dealkylation sites (tertiary alicyclic amines) is 1. The van der Waals surface area contributed by atoms with Gasteiger partial charge in [-0.2, -0.15) is 0 Å². The molecule has 0 radical (unpaired) electrons. The number of carbonyl (C=O) groups is 2. The number of nitrogens with zero attached hydrogens (tertiary/aromatic N) is 2. The van der Waals surface area contributed by atoms with Gasteiger partial charge < -0.3 is 20.6 Å². The third-order valence-corrected chi connectivity index (χ3v) is 7.57. The number of fused-ring (bicyclic) bond motifs is 1. The highest BCUT2D eigenvalue weighted by molar-refractivity contribution is 5.85. The van der Waals surface area contributed by atoms with Gasteiger partial charge in [0.1, 0.15) is 11.9 Å². The van der Waals surface area contributed by atoms with Crippen LogP contribution in [0.15, 0.2) is 12.1 Å². The first-order valence-electron chi connectivity index (χ1n) is 12.6. The van der Waals surface area contributed by atoms with Crippen molar-refractivity contribution in [2.75, 3.05) is 31.5 Å². The average Bonchev–Trinajstić information content (AvgIpc) is 3.27. The summed E-state index contributed by atoms with van der Waals surface area (Å²) in [5.41, 5.74) is 2.41. The van der Waals surface area contributed by atoms with Crippen LogP contribution in [0.25, 0.3) is 0 Å². The fraction of sp³-hybridized carbons (Fsp3) is 0.720. The molecule has 1 amide bonds. The quantitative estimate of drug-likeness (QED) is 0.503. The van der Waals surface area contributed by atoms with E-state index in [0.29, 0.717) is 18.9 Å². The first-order chi connectivity index (χ1) is 16.3. The van der Waals surface area contributed by atoms with Gasteiger partial charge in [-0.3, -0.25) is 4.79 Å². The number of amides is 1. The summed E-state index contributed by atoms with van der Waals surface area (Å²) in [6.07, 6.45) is 5.19. The van der Waals surface area contributed by atoms with E-state index in [-0.39, 0.29) is 25.7 Å². The third kappa shape index (κ3) is 6.64. The molecule has 0 aromatic carbocycles. The Balaban J connectivity index is 1.19. The maximum absolute atomic E-state index is 13.3. The molecule has 4 rings (SSSR count). The molecule has 1 saturated carbocycles. The lowest BCUT2D eigenvalue weighted by atomic mass is 9.86. The zero-order valence-corrected chi connectivity index (χ0v) is 19.7. The van der Waals surface area contributed by atoms with Crippen molar-refractivity contribution in [2.24, 2.45) is 11.8 Å². The lowest BCUT2D eigenvalue weighted by molar-refractivity contribution is -0.143. The lowest BCUT2D eigenvalue weighted by Gasteiger charge is -2.28. The second-order valence-electron chi connectivity index (χ2n) is 10.2. The number of nitrogens with one attached hydrogen (secondary N) is 2. The Hall–Kier alpha value is -2.29. The van der Waals surface area contributed by atoms with Crippen molar-refractivity contribution in [2.45, 2.75) is 76.2 Å². The van der Waals surface area contributed by atoms with Crippen LogP contribution in [0.3, 0.4) is 0 Å². The highest BCUT2D eigenvalue weighted by Gasteiger charge is 2.38. The minimum Gasteiger partial charge on any atom is -0.480 e. The minimum absolute atomic E-state index is 0.105. The molecule has 0 unspecified atom stereocenters. The summed E-state index contributed by atoms with van der Waals surface area (Å²) in [4.78, 5) is 31.2. The van der Waals surface area contributed by atoms with Crippen LogP contribution in [0, 0.1) is 11.8 Å². The molecular weight excluding hydrogens is 442 g/mol. The number of hydrogen-bond donors (Lipinski definition) is 3. The number of alkyl halides is 2. The van der Waals surface area contributed by atoms with Gasteiger partial charge >= 0.3 is 5.97 Å². The maximum atomic E-state index is 13.3. The predicted octanol–water partition coefficient (Wildman–Crippen LogP) is 3.48. The van der Waals surface area contributed by atoms with Crippen molar-refractivity contribution < 1.29 is 23.5 Å². The average molecular weight is 479 g/mol. The fourth-order valence-corrected chi connectivity index (χ4v) is 5.37. The Kier molecular flexibility index (Phi) is 8.01. The number of aliphatic carboxylic acids is 1. The van der Waals surface area contributed by atoms with E-state index in [4.69, 9.17) is 4.98 Å². The normalized spacial score (nSPS) is 23.6. The molecule has 3 aliphatic rings. The standard InChI is InChI=1S/C25H36F2N4O3/c26-25(27)11-7-19(8-12-25)23(32)30-21(24(33)34)10-15-31-14-9-17(16-31)3-5-20-6-4-18-2-1-13-28-22(18)29-20/h4,6,17,19,21H,1-3,5,7-16H2,(H,28,29)(H,30,32)(H,33,34)/t17-,21-/m0/s1. The zero-order valence-electron chi connectivity index (χ0n) is 19.7. The highest BCUT2D eigenvalue weighted by atomic mass is 19.3. The molecule has 34 heavy (non-hydrogen) atoms. The largest absolute Gasteiger partial charge is 0.480 e. The van der Waals surface area contributed by atoms with Gasteiger partial charge in [-0.25, -0.2) is 18.6 Å². The maximum Gasteiger partial charge on any atom is 0.326 e. The van der Waals surface area contributed by atoms with Crippen LogP contribution >= 0.6 is 0 Å². The Bertz CT molecular complexity index is 872. The van der Waals surface area contributed by atoms with E-state index in [0.717, 1.165) is 63.3 Å². The van der Waals surface area contributed by atoms with Crippen molar-refractivity contribution in [3.05, 3.63) is 23.4 Å². The van der Waals surface area contributed by atoms with Gasteiger partial charge in [0, 0.05) is 44.1 Å². The summed E-state index contributed by atoms with van der Waals surface area (Å²) < 4.78 is 26.7. The van der Waals surface area contributed by atoms with Gasteiger partial charge in [0.15, 0.2) is 0 Å². The van der Waals surface area contributed by atoms with Crippen LogP contribution in [0.2, 0.25) is 0 Å². The van der Waals surface area contributed by atoms with Crippen molar-refractivity contribution in [3.63, 3.8) is 0 Å². The van der Waals surface area contributed by atoms with Gasteiger partial charge in [-0.1, -0.05) is 6.07 Å². The molecule has 3 N–H and O–H groups in total. The molecule has 0 bridgehead atoms. The van der Waals surface area contributed by atoms with Crippen LogP contribution in [0.4, 0.5) is 14.6 Å². The Morgan fingerprint density at radius 1 is 1.26 bits per heavy atom. The summed E-state index contributed by atoms with van der Waals surface area (Å²) in [5.74, 6) is -3.13. The van der Waals surface area contributed by atoms with Crippen LogP contribution < -0.4 is 10.6 Å². The number of anilines is 1. The van der Waals surface area contributed by atoms with Gasteiger partial charge in [0.05, 0.1) is 0 Å². The summed E-state index contributed by atoms with van der Waals surface area (Å²) >= 11 is 0. The van der Waals surface area contributed by atoms with Crippen LogP contribution in [0.5, 0.6) is 0 Å². The number of hydrogen-bond acceptors (Lipinski definition) is 5. The van der Waals surface area contributed by atoms with Gasteiger partial charge in [-0.05, 0) is 75.5 Å². The van der Waals surface area contributed by atoms with Crippen molar-refractivity contribution in [1.29, 1.82) is 0 Å². The number of rotatable bonds is 9. The molecule has 1 aromatic rings. The van der Waals surface area contributed by atoms with E-state index in [1.807, 2.05) is 0 Å². The molecule has 2 fully saturated rings. The second-order valence-corrected chi connectivity index (χ2v) is 10.2. The monoisotopic (exact) mass is 478 g/mol. The van der Waals surface area contributed by atoms with Crippen molar-refractivity contribution in [1.82, 2.24) is 15.2 Å². The smallest absolute Gasteiger partial charge is 0.326 e. The van der Waals surface area contributed by atoms with Crippen LogP contribution in [-0.2, 0) is 22.4 Å². The molecule has 188 valence electrons. The third-order valence-electron chi connectivity index (χ3n) is 7.57. The molecule has 1 saturated heterocycles. The number of aryl methyl sites for hydroxylation is 2. The summed E-state index contributed by atoms with van der Waals surface area (Å²) in [5, 5.41) is 15.5. The summed E-state index contributed by atoms with van der Waals surface area (Å²) in [7, 11) is 0. The summed E-state index contributed by atoms with van der Waals surface area (Å²) in [6.45, 7) is 3.41. The number of carboxylic acid groups (broad SMARTS) is 1. The first kappa shape index (κ1) is 24.8. The number of carboxylic acids is 1. The molecule has 2 atom stereocenters. The molecule has 0 spiro atoms. The molecule has 3 heterocycles. The molecule has 1 aromatic heterocycles. The Morgan fingerprint density at radius 3 is 2.82 bits per heavy atom. The Labute approximate surface area is 199 Å². The first-order valence-corrected chi connectivity index (χ1v) is 12.6. The van der Waals surface area contributed by atoms with Gasteiger partial charge in [0.2, 0.25) is 11.8 Å². The fourth-order valence-electron chi connectivity index (χ4n) is 5.37. The molecule has 7 nitrogen and oxygen atoms in total. The predicted molar refractivity (Wildman–Crippen MR) is 125 cm³/mol. The molecule has 9 heteroatoms. The van der Waals surface area contributed by atoms with Gasteiger partial charge in [0.25, 0.3) is 0 Å². The van der Waals surface area contributed by atoms with E-state index in [9.17, 15) is 23.5 Å². The van der Waals surface area contributed by atoms with Crippen LogP contribution in [-0.4, -0.2) is 65.0 Å². The molecular formula is C25H36F2N4O3. The van der Waals surface area contributed by atoms with E-state index in [1.54, 1.807) is 0 Å². The zero-order chi connectivity index (χ0) is 24.1. The van der Waals surface area contributed by atoms with E-state index >= 15 is 0 Å². The SMILES string of the molecule is O=C(N[C@@H](CCN1CC[C@H](CCc2ccc3c(n2)NCCC3)C1)C(=O)O)C1CCC(F)(F)CC1. The Morgan fingerprint density at radius 2 is 2.06 bits per heavy atom. The molecule has 2 aliphatic heterocycles. The molecule has 1 aliphatic carbocycles. The number of aromatic nitrogens is 1. The van der Waals surface area contributed by atoms with E-state index in [1.165, 1.54) is 5.56 Å². The number of pyridine rings is 1. The van der Waals surface area contributed by atoms with Crippen LogP contribution in [0.1, 0.15) is 62.6 Å². The minimum atomic E-state index is -2.71. The van der Waals surface area contributed by atoms with Crippen molar-refractivity contribution >= 4 is 17.7 Å². The lowest BCUT2D eigenvalue weighted by Crippen LogP contribution is -2.46. The van der Waals surface area contributed by atoms with Gasteiger partial charge in [-0.15, -0.1) is 0 Å². The second kappa shape index (κ2) is 11.0. The number of carbonyl (C=O) groups excluding carboxylic acids is 1. The number of halogens is 2. The van der Waals surface area contributed by atoms with E-state index in [2.05, 4.69) is 27.7 Å². The van der Waals surface area contributed by atoms with Crippen molar-refractivity contribution in [3.8, 4) is 0 Å². The highest BCUT2D eigenvalue weighted by Crippen LogP contribution is 2.36. The van der Waals surface area contributed by atoms with E-state index < -0.39 is 29.8 Å².